The average molecular weight is 727 g/mol. The molecule has 5 aromatic rings. The molecule has 0 aliphatic rings. The predicted molar refractivity (Wildman–Crippen MR) is 174 cm³/mol. The van der Waals surface area contributed by atoms with Crippen molar-refractivity contribution in [2.45, 2.75) is 71.3 Å². The zero-order chi connectivity index (χ0) is 36.5. The molecule has 3 heterocycles. The van der Waals surface area contributed by atoms with Gasteiger partial charge in [0, 0.05) is 24.9 Å². The maximum atomic E-state index is 13.5. The van der Waals surface area contributed by atoms with E-state index in [1.165, 1.54) is 6.92 Å². The number of H-pyrrole nitrogens is 1. The molecule has 0 spiro atoms. The average Bonchev–Trinajstić information content (AvgIpc) is 3.83. The lowest BCUT2D eigenvalue weighted by atomic mass is 9.98. The number of nitrogens with zero attached hydrogens (tertiary/aromatic N) is 7. The first-order valence-corrected chi connectivity index (χ1v) is 16.0. The van der Waals surface area contributed by atoms with E-state index < -0.39 is 40.8 Å². The van der Waals surface area contributed by atoms with Gasteiger partial charge in [-0.15, -0.1) is 30.4 Å². The number of aromatic amines is 1. The number of ether oxygens (including phenoxy) is 1. The monoisotopic (exact) mass is 726 g/mol. The number of aryl methyl sites for hydroxylation is 2. The first-order chi connectivity index (χ1) is 24.5. The first-order valence-electron chi connectivity index (χ1n) is 15.6. The van der Waals surface area contributed by atoms with Crippen LogP contribution in [0.15, 0.2) is 62.2 Å². The van der Waals surface area contributed by atoms with E-state index in [0.717, 1.165) is 35.1 Å². The largest absolute Gasteiger partial charge is 0.519 e. The Labute approximate surface area is 292 Å². The highest BCUT2D eigenvalue weighted by molar-refractivity contribution is 6.32. The lowest BCUT2D eigenvalue weighted by Gasteiger charge is -2.19. The summed E-state index contributed by atoms with van der Waals surface area (Å²) in [5.74, 6) is -1.25. The number of hydrogen-bond donors (Lipinski definition) is 1. The number of carbonyl (C=O) groups excluding carboxylic acids is 1. The van der Waals surface area contributed by atoms with Crippen molar-refractivity contribution in [1.29, 1.82) is 0 Å². The fraction of sp³-hybridized carbons (Fsp3) is 0.355. The zero-order valence-corrected chi connectivity index (χ0v) is 28.0. The molecule has 1 N–H and O–H groups in total. The molecule has 3 aromatic heterocycles. The summed E-state index contributed by atoms with van der Waals surface area (Å²) in [6.45, 7) is 2.89. The minimum Gasteiger partial charge on any atom is -0.453 e. The van der Waals surface area contributed by atoms with Crippen molar-refractivity contribution < 1.29 is 38.2 Å². The van der Waals surface area contributed by atoms with E-state index >= 15 is 0 Å². The number of rotatable bonds is 18. The van der Waals surface area contributed by atoms with Gasteiger partial charge in [-0.25, -0.2) is 14.6 Å². The first kappa shape index (κ1) is 36.2. The van der Waals surface area contributed by atoms with Crippen molar-refractivity contribution in [3.63, 3.8) is 0 Å². The smallest absolute Gasteiger partial charge is 0.453 e. The molecule has 0 aliphatic carbocycles. The highest BCUT2D eigenvalue weighted by Crippen LogP contribution is 2.30. The number of carbonyl (C=O) groups is 1. The summed E-state index contributed by atoms with van der Waals surface area (Å²) in [7, 11) is 0. The number of aromatic nitrogens is 6. The molecule has 268 valence electrons. The third-order valence-electron chi connectivity index (χ3n) is 7.78. The Hall–Kier alpha value is -6.11. The van der Waals surface area contributed by atoms with Gasteiger partial charge < -0.3 is 27.8 Å². The summed E-state index contributed by atoms with van der Waals surface area (Å²) < 4.78 is 17.3. The SMILES string of the molecule is CCCCc1nc(Cl)c(C(=O)OCc2oc(=O)oc2CC[C@H](O[N+](=O)[O-])[C@H](C)O[N+](=O)[O-])n1Cc1ccc(-c2ccccc2-c2nn[nH]n2)cc1. The molecule has 0 fully saturated rings. The molecule has 0 bridgehead atoms. The topological polar surface area (TPSA) is 247 Å². The van der Waals surface area contributed by atoms with Crippen LogP contribution >= 0.6 is 11.6 Å². The Kier molecular flexibility index (Phi) is 11.7. The molecule has 0 aliphatic heterocycles. The van der Waals surface area contributed by atoms with E-state index in [4.69, 9.17) is 25.2 Å². The summed E-state index contributed by atoms with van der Waals surface area (Å²) in [4.78, 5) is 60.5. The number of imidazole rings is 1. The fourth-order valence-electron chi connectivity index (χ4n) is 5.33. The Bertz CT molecular complexity index is 2030. The van der Waals surface area contributed by atoms with Crippen molar-refractivity contribution in [2.75, 3.05) is 0 Å². The molecule has 2 atom stereocenters. The number of tetrazole rings is 1. The van der Waals surface area contributed by atoms with E-state index in [-0.39, 0.29) is 41.8 Å². The quantitative estimate of drug-likeness (QED) is 0.0724. The molecule has 0 amide bonds. The number of esters is 1. The Morgan fingerprint density at radius 3 is 2.39 bits per heavy atom. The number of benzene rings is 2. The molecule has 0 unspecified atom stereocenters. The van der Waals surface area contributed by atoms with E-state index in [2.05, 4.69) is 35.3 Å². The van der Waals surface area contributed by atoms with E-state index in [9.17, 15) is 29.8 Å². The van der Waals surface area contributed by atoms with E-state index in [1.54, 1.807) is 4.57 Å². The van der Waals surface area contributed by atoms with Crippen LogP contribution in [0.1, 0.15) is 66.5 Å². The summed E-state index contributed by atoms with van der Waals surface area (Å²) in [5, 5.41) is 33.7. The van der Waals surface area contributed by atoms with Crippen LogP contribution in [0.25, 0.3) is 22.5 Å². The van der Waals surface area contributed by atoms with Gasteiger partial charge in [0.2, 0.25) is 5.82 Å². The van der Waals surface area contributed by atoms with Crippen LogP contribution in [0.2, 0.25) is 5.15 Å². The summed E-state index contributed by atoms with van der Waals surface area (Å²) >= 11 is 6.50. The maximum absolute atomic E-state index is 13.5. The van der Waals surface area contributed by atoms with Gasteiger partial charge in [0.15, 0.2) is 29.0 Å². The standard InChI is InChI=1S/C31H31ClN8O11/c1-3-4-9-26-33-28(32)27(38(26)16-19-10-12-20(13-11-19)21-7-5-6-8-22(21)29-34-36-37-35-29)30(41)47-17-25-24(48-31(42)49-25)15-14-23(51-40(45)46)18(2)50-39(43)44/h5-8,10-13,18,23H,3-4,9,14-17H2,1-2H3,(H,34,35,36,37)/t18-,23-/m0/s1. The molecular formula is C31H31ClN8O11. The van der Waals surface area contributed by atoms with Crippen molar-refractivity contribution >= 4 is 17.6 Å². The molecule has 0 radical (unpaired) electrons. The number of halogens is 1. The highest BCUT2D eigenvalue weighted by atomic mass is 35.5. The summed E-state index contributed by atoms with van der Waals surface area (Å²) in [6.07, 6.45) is -1.01. The zero-order valence-electron chi connectivity index (χ0n) is 27.2. The molecule has 5 rings (SSSR count). The van der Waals surface area contributed by atoms with Crippen LogP contribution in [0, 0.1) is 20.2 Å². The van der Waals surface area contributed by atoms with Crippen LogP contribution in [0.5, 0.6) is 0 Å². The van der Waals surface area contributed by atoms with Crippen molar-refractivity contribution in [1.82, 2.24) is 30.2 Å². The lowest BCUT2D eigenvalue weighted by molar-refractivity contribution is -0.798. The van der Waals surface area contributed by atoms with Gasteiger partial charge >= 0.3 is 11.8 Å². The van der Waals surface area contributed by atoms with Crippen LogP contribution in [0.4, 0.5) is 0 Å². The fourth-order valence-corrected chi connectivity index (χ4v) is 5.61. The van der Waals surface area contributed by atoms with Gasteiger partial charge in [-0.05, 0) is 41.7 Å². The third kappa shape index (κ3) is 9.12. The normalized spacial score (nSPS) is 12.3. The molecule has 20 heteroatoms. The van der Waals surface area contributed by atoms with Crippen molar-refractivity contribution in [3.05, 3.63) is 113 Å². The van der Waals surface area contributed by atoms with E-state index in [1.807, 2.05) is 55.5 Å². The minimum absolute atomic E-state index is 0.0214. The molecule has 51 heavy (non-hydrogen) atoms. The number of unbranched alkanes of at least 4 members (excludes halogenated alkanes) is 1. The Morgan fingerprint density at radius 1 is 1.02 bits per heavy atom. The van der Waals surface area contributed by atoms with Gasteiger partial charge in [0.1, 0.15) is 18.0 Å². The third-order valence-corrected chi connectivity index (χ3v) is 8.05. The molecule has 0 saturated heterocycles. The Morgan fingerprint density at radius 2 is 1.73 bits per heavy atom. The van der Waals surface area contributed by atoms with Gasteiger partial charge in [-0.1, -0.05) is 73.5 Å². The van der Waals surface area contributed by atoms with Gasteiger partial charge in [-0.3, -0.25) is 0 Å². The van der Waals surface area contributed by atoms with Gasteiger partial charge in [0.05, 0.1) is 0 Å². The van der Waals surface area contributed by atoms with Gasteiger partial charge in [0.25, 0.3) is 10.2 Å². The predicted octanol–water partition coefficient (Wildman–Crippen LogP) is 4.78. The summed E-state index contributed by atoms with van der Waals surface area (Å²) in [5.41, 5.74) is 3.41. The highest BCUT2D eigenvalue weighted by Gasteiger charge is 2.28. The van der Waals surface area contributed by atoms with Crippen molar-refractivity contribution in [3.8, 4) is 22.5 Å². The van der Waals surface area contributed by atoms with Crippen LogP contribution in [-0.4, -0.2) is 58.5 Å². The van der Waals surface area contributed by atoms with Crippen LogP contribution < -0.4 is 5.82 Å². The number of nitrogens with one attached hydrogen (secondary N) is 1. The second-order valence-corrected chi connectivity index (χ2v) is 11.5. The Balaban J connectivity index is 1.33. The second kappa shape index (κ2) is 16.5. The van der Waals surface area contributed by atoms with E-state index in [0.29, 0.717) is 18.1 Å². The molecule has 0 saturated carbocycles. The second-order valence-electron chi connectivity index (χ2n) is 11.2. The van der Waals surface area contributed by atoms with Crippen LogP contribution in [0.3, 0.4) is 0 Å². The molecule has 2 aromatic carbocycles. The minimum atomic E-state index is -1.40. The number of hydrogen-bond acceptors (Lipinski definition) is 15. The van der Waals surface area contributed by atoms with Crippen LogP contribution in [-0.2, 0) is 40.4 Å². The lowest BCUT2D eigenvalue weighted by Crippen LogP contribution is -2.33. The molecule has 19 nitrogen and oxygen atoms in total. The summed E-state index contributed by atoms with van der Waals surface area (Å²) in [6, 6.07) is 15.3. The molecular weight excluding hydrogens is 696 g/mol. The van der Waals surface area contributed by atoms with Gasteiger partial charge in [-0.2, -0.15) is 5.21 Å². The van der Waals surface area contributed by atoms with Crippen molar-refractivity contribution in [2.24, 2.45) is 0 Å². The maximum Gasteiger partial charge on any atom is 0.519 e.